The molecule has 0 bridgehead atoms. The number of nitrogens with zero attached hydrogens (tertiary/aromatic N) is 7. The van der Waals surface area contributed by atoms with Gasteiger partial charge in [0, 0.05) is 57.7 Å². The smallest absolute Gasteiger partial charge is 0.416 e. The fraction of sp³-hybridized carbons (Fsp3) is 0.395. The maximum absolute atomic E-state index is 14.5. The number of alkyl halides is 3. The topological polar surface area (TPSA) is 166 Å². The molecule has 8 rings (SSSR count). The van der Waals surface area contributed by atoms with Crippen LogP contribution in [0.2, 0.25) is 5.02 Å². The number of rotatable bonds is 8. The number of piperazine rings is 1. The van der Waals surface area contributed by atoms with Gasteiger partial charge in [0.2, 0.25) is 11.9 Å². The quantitative estimate of drug-likeness (QED) is 0.264. The van der Waals surface area contributed by atoms with E-state index in [0.717, 1.165) is 55.6 Å². The summed E-state index contributed by atoms with van der Waals surface area (Å²) in [4.78, 5) is 57.9. The van der Waals surface area contributed by atoms with E-state index in [9.17, 15) is 37.8 Å². The van der Waals surface area contributed by atoms with E-state index in [-0.39, 0.29) is 67.3 Å². The standard InChI is InChI=1S/C38H39ClF3N9O6/c39-26-20-24(38(40,41)42)5-8-27(26)44-30(54)21-50-28-22-57-37(9-12-49(13-10-37)35(56)32-29(53)2-1-11-43-32)31(28)34(55)51-36(50)45-33(46-51)23-3-6-25(7-4-23)48-16-14-47(15-17-48)18-19-52/h1-8,11,20,33,46,52-53H,9-10,12-19,21-22H2,(H,44,54). The SMILES string of the molecule is O=C(CN1C2=NC(c3ccc(N4CCN(CCO)CC4)cc3)NN2C(=O)C2=C1COC21CCN(C(=O)c2ncccc2O)CC1)Nc1ccc(C(F)(F)F)cc1Cl. The largest absolute Gasteiger partial charge is 0.505 e. The molecule has 3 aromatic rings. The van der Waals surface area contributed by atoms with Crippen LogP contribution < -0.4 is 15.6 Å². The van der Waals surface area contributed by atoms with Gasteiger partial charge in [-0.05, 0) is 60.9 Å². The summed E-state index contributed by atoms with van der Waals surface area (Å²) in [6.45, 7) is 3.95. The zero-order valence-electron chi connectivity index (χ0n) is 30.5. The number of fused-ring (bicyclic) bond motifs is 2. The van der Waals surface area contributed by atoms with Gasteiger partial charge in [0.05, 0.1) is 40.8 Å². The molecule has 1 aromatic heterocycles. The van der Waals surface area contributed by atoms with Crippen molar-refractivity contribution in [2.75, 3.05) is 75.8 Å². The van der Waals surface area contributed by atoms with Gasteiger partial charge in [-0.3, -0.25) is 19.3 Å². The molecule has 300 valence electrons. The summed E-state index contributed by atoms with van der Waals surface area (Å²) < 4.78 is 46.3. The number of hydrogen-bond acceptors (Lipinski definition) is 12. The van der Waals surface area contributed by atoms with Crippen molar-refractivity contribution in [3.05, 3.63) is 93.9 Å². The number of guanidine groups is 1. The molecule has 0 radical (unpaired) electrons. The molecule has 4 N–H and O–H groups in total. The van der Waals surface area contributed by atoms with Gasteiger partial charge in [0.1, 0.15) is 24.1 Å². The molecule has 1 atom stereocenters. The number of likely N-dealkylation sites (tertiary alicyclic amines) is 1. The van der Waals surface area contributed by atoms with E-state index in [1.165, 1.54) is 28.2 Å². The average molecular weight is 810 g/mol. The molecule has 19 heteroatoms. The fourth-order valence-corrected chi connectivity index (χ4v) is 8.18. The molecule has 0 saturated carbocycles. The van der Waals surface area contributed by atoms with Gasteiger partial charge in [0.15, 0.2) is 5.69 Å². The van der Waals surface area contributed by atoms with Crippen LogP contribution in [0.1, 0.15) is 40.6 Å². The van der Waals surface area contributed by atoms with E-state index >= 15 is 0 Å². The summed E-state index contributed by atoms with van der Waals surface area (Å²) in [6.07, 6.45) is -3.45. The average Bonchev–Trinajstić information content (AvgIpc) is 3.81. The number of aliphatic hydroxyl groups excluding tert-OH is 1. The van der Waals surface area contributed by atoms with Crippen molar-refractivity contribution in [1.29, 1.82) is 0 Å². The highest BCUT2D eigenvalue weighted by molar-refractivity contribution is 6.33. The molecule has 2 aromatic carbocycles. The summed E-state index contributed by atoms with van der Waals surface area (Å²) in [5.41, 5.74) is 3.49. The third-order valence-corrected chi connectivity index (χ3v) is 11.3. The lowest BCUT2D eigenvalue weighted by molar-refractivity contribution is -0.137. The molecule has 1 unspecified atom stereocenters. The van der Waals surface area contributed by atoms with Crippen LogP contribution in [0.3, 0.4) is 0 Å². The lowest BCUT2D eigenvalue weighted by Crippen LogP contribution is -2.58. The Morgan fingerprint density at radius 2 is 1.77 bits per heavy atom. The molecule has 5 aliphatic rings. The predicted octanol–water partition coefficient (Wildman–Crippen LogP) is 3.19. The number of aromatic hydroxyl groups is 1. The number of piperidine rings is 1. The van der Waals surface area contributed by atoms with Crippen molar-refractivity contribution in [2.45, 2.75) is 30.8 Å². The van der Waals surface area contributed by atoms with E-state index in [0.29, 0.717) is 17.8 Å². The fourth-order valence-electron chi connectivity index (χ4n) is 7.96. The van der Waals surface area contributed by atoms with Crippen LogP contribution in [-0.2, 0) is 20.5 Å². The monoisotopic (exact) mass is 809 g/mol. The molecule has 6 heterocycles. The van der Waals surface area contributed by atoms with E-state index in [1.807, 2.05) is 24.3 Å². The summed E-state index contributed by atoms with van der Waals surface area (Å²) in [5.74, 6) is -1.62. The van der Waals surface area contributed by atoms with Crippen LogP contribution in [0, 0.1) is 0 Å². The predicted molar refractivity (Wildman–Crippen MR) is 201 cm³/mol. The Kier molecular flexibility index (Phi) is 10.3. The Balaban J connectivity index is 1.05. The molecule has 2 saturated heterocycles. The normalized spacial score (nSPS) is 20.9. The first kappa shape index (κ1) is 38.6. The second-order valence-electron chi connectivity index (χ2n) is 14.3. The van der Waals surface area contributed by atoms with Crippen LogP contribution >= 0.6 is 11.6 Å². The maximum Gasteiger partial charge on any atom is 0.416 e. The lowest BCUT2D eigenvalue weighted by Gasteiger charge is -2.42. The number of hydrazine groups is 1. The second-order valence-corrected chi connectivity index (χ2v) is 14.7. The molecule has 5 aliphatic heterocycles. The molecule has 0 aliphatic carbocycles. The van der Waals surface area contributed by atoms with Crippen LogP contribution in [0.15, 0.2) is 77.1 Å². The van der Waals surface area contributed by atoms with Crippen molar-refractivity contribution in [3.63, 3.8) is 0 Å². The van der Waals surface area contributed by atoms with Gasteiger partial charge in [0.25, 0.3) is 11.8 Å². The number of carbonyl (C=O) groups is 3. The van der Waals surface area contributed by atoms with Gasteiger partial charge in [-0.1, -0.05) is 23.7 Å². The minimum atomic E-state index is -4.62. The Bertz CT molecular complexity index is 2140. The summed E-state index contributed by atoms with van der Waals surface area (Å²) in [6, 6.07) is 13.3. The first-order chi connectivity index (χ1) is 27.3. The molecular formula is C38H39ClF3N9O6. The van der Waals surface area contributed by atoms with Crippen molar-refractivity contribution < 1.29 is 42.5 Å². The minimum absolute atomic E-state index is 0.0248. The molecule has 57 heavy (non-hydrogen) atoms. The van der Waals surface area contributed by atoms with Crippen LogP contribution in [0.5, 0.6) is 5.75 Å². The van der Waals surface area contributed by atoms with E-state index in [4.69, 9.17) is 21.3 Å². The number of ether oxygens (including phenoxy) is 1. The summed E-state index contributed by atoms with van der Waals surface area (Å²) >= 11 is 6.16. The highest BCUT2D eigenvalue weighted by Gasteiger charge is 2.55. The maximum atomic E-state index is 14.5. The highest BCUT2D eigenvalue weighted by atomic mass is 35.5. The highest BCUT2D eigenvalue weighted by Crippen LogP contribution is 2.46. The van der Waals surface area contributed by atoms with Gasteiger partial charge in [-0.25, -0.2) is 15.0 Å². The van der Waals surface area contributed by atoms with E-state index < -0.39 is 47.8 Å². The number of hydrogen-bond donors (Lipinski definition) is 4. The number of amides is 3. The van der Waals surface area contributed by atoms with Gasteiger partial charge >= 0.3 is 6.18 Å². The number of aliphatic imine (C=N–C) groups is 1. The van der Waals surface area contributed by atoms with Crippen LogP contribution in [0.25, 0.3) is 0 Å². The molecule has 2 fully saturated rings. The Morgan fingerprint density at radius 3 is 2.44 bits per heavy atom. The third-order valence-electron chi connectivity index (χ3n) is 11.0. The first-order valence-corrected chi connectivity index (χ1v) is 18.8. The number of halogens is 4. The molecular weight excluding hydrogens is 771 g/mol. The number of benzene rings is 2. The number of nitrogens with one attached hydrogen (secondary N) is 2. The van der Waals surface area contributed by atoms with E-state index in [1.54, 1.807) is 4.90 Å². The molecule has 1 spiro atoms. The Morgan fingerprint density at radius 1 is 1.04 bits per heavy atom. The van der Waals surface area contributed by atoms with Crippen molar-refractivity contribution >= 4 is 46.7 Å². The van der Waals surface area contributed by atoms with Gasteiger partial charge in [-0.2, -0.15) is 18.6 Å². The van der Waals surface area contributed by atoms with Crippen molar-refractivity contribution in [2.24, 2.45) is 4.99 Å². The van der Waals surface area contributed by atoms with Gasteiger partial charge in [-0.15, -0.1) is 0 Å². The summed E-state index contributed by atoms with van der Waals surface area (Å²) in [5, 5.41) is 23.1. The zero-order valence-corrected chi connectivity index (χ0v) is 31.3. The summed E-state index contributed by atoms with van der Waals surface area (Å²) in [7, 11) is 0. The first-order valence-electron chi connectivity index (χ1n) is 18.5. The number of pyridine rings is 1. The molecule has 3 amide bonds. The number of aromatic nitrogens is 1. The number of anilines is 2. The van der Waals surface area contributed by atoms with Crippen molar-refractivity contribution in [3.8, 4) is 5.75 Å². The second kappa shape index (κ2) is 15.2. The van der Waals surface area contributed by atoms with Crippen LogP contribution in [0.4, 0.5) is 24.5 Å². The molecule has 15 nitrogen and oxygen atoms in total. The lowest BCUT2D eigenvalue weighted by atomic mass is 9.82. The van der Waals surface area contributed by atoms with Crippen molar-refractivity contribution in [1.82, 2.24) is 30.1 Å². The van der Waals surface area contributed by atoms with Crippen LogP contribution in [-0.4, -0.2) is 130 Å². The number of β-amino-alcohol motifs (C(OH)–C–C–N with tert-alkyl or cyclic N) is 1. The minimum Gasteiger partial charge on any atom is -0.505 e. The number of carbonyl (C=O) groups excluding carboxylic acids is 3. The van der Waals surface area contributed by atoms with E-state index in [2.05, 4.69) is 25.5 Å². The zero-order chi connectivity index (χ0) is 40.1. The van der Waals surface area contributed by atoms with Gasteiger partial charge < -0.3 is 35.0 Å². The number of aliphatic hydroxyl groups is 1. The Labute approximate surface area is 329 Å². The Hall–Kier alpha value is -5.27. The third kappa shape index (κ3) is 7.38.